The second-order valence-corrected chi connectivity index (χ2v) is 7.19. The molecule has 0 saturated carbocycles. The second kappa shape index (κ2) is 37.0. The van der Waals surface area contributed by atoms with E-state index in [0.717, 1.165) is 6.54 Å². The summed E-state index contributed by atoms with van der Waals surface area (Å²) in [6.07, 6.45) is 1.35. The first-order chi connectivity index (χ1) is 18.3. The average molecular weight is 554 g/mol. The van der Waals surface area contributed by atoms with Gasteiger partial charge < -0.3 is 44.8 Å². The summed E-state index contributed by atoms with van der Waals surface area (Å²) in [5, 5.41) is 16.9. The number of hydrogen-bond acceptors (Lipinski definition) is 9. The van der Waals surface area contributed by atoms with Crippen LogP contribution in [0.5, 0.6) is 0 Å². The Morgan fingerprint density at radius 1 is 0.737 bits per heavy atom. The van der Waals surface area contributed by atoms with Crippen LogP contribution in [0, 0.1) is 0 Å². The zero-order valence-electron chi connectivity index (χ0n) is 25.0. The highest BCUT2D eigenvalue weighted by Gasteiger charge is 2.20. The van der Waals surface area contributed by atoms with Crippen LogP contribution in [0.15, 0.2) is 0 Å². The molecule has 1 unspecified atom stereocenters. The van der Waals surface area contributed by atoms with Crippen LogP contribution in [0.4, 0.5) is 0 Å². The van der Waals surface area contributed by atoms with Crippen LogP contribution < -0.4 is 16.0 Å². The van der Waals surface area contributed by atoms with E-state index in [2.05, 4.69) is 29.8 Å². The number of nitrogens with one attached hydrogen (secondary N) is 3. The first kappa shape index (κ1) is 43.0. The predicted octanol–water partition coefficient (Wildman–Crippen LogP) is 1.80. The smallest absolute Gasteiger partial charge is 0.326 e. The summed E-state index contributed by atoms with van der Waals surface area (Å²) in [5.41, 5.74) is 0. The summed E-state index contributed by atoms with van der Waals surface area (Å²) in [6.45, 7) is 16.2. The van der Waals surface area contributed by atoms with Gasteiger partial charge in [-0.3, -0.25) is 9.59 Å². The van der Waals surface area contributed by atoms with E-state index in [1.165, 1.54) is 13.3 Å². The fourth-order valence-corrected chi connectivity index (χ4v) is 2.10. The fraction of sp³-hybridized carbons (Fsp3) is 0.846. The molecule has 0 aromatic rings. The number of Topliss-reactive ketones (excluding diaryl/α,β-unsaturated/α-hetero) is 1. The number of carboxylic acids is 1. The molecule has 0 radical (unpaired) electrons. The van der Waals surface area contributed by atoms with Crippen molar-refractivity contribution in [3.05, 3.63) is 0 Å². The highest BCUT2D eigenvalue weighted by molar-refractivity contribution is 5.85. The lowest BCUT2D eigenvalue weighted by atomic mass is 10.1. The van der Waals surface area contributed by atoms with Crippen molar-refractivity contribution in [3.8, 4) is 0 Å². The van der Waals surface area contributed by atoms with Crippen molar-refractivity contribution in [3.63, 3.8) is 0 Å². The van der Waals surface area contributed by atoms with Gasteiger partial charge in [-0.05, 0) is 20.4 Å². The molecule has 0 aromatic carbocycles. The van der Waals surface area contributed by atoms with E-state index in [1.54, 1.807) is 0 Å². The number of carbonyl (C=O) groups is 4. The van der Waals surface area contributed by atoms with Gasteiger partial charge in [0.25, 0.3) is 0 Å². The van der Waals surface area contributed by atoms with E-state index in [0.29, 0.717) is 26.4 Å². The number of aliphatic carboxylic acids is 1. The van der Waals surface area contributed by atoms with E-state index in [9.17, 15) is 19.2 Å². The van der Waals surface area contributed by atoms with Gasteiger partial charge in [-0.25, -0.2) is 4.79 Å². The number of ether oxygens (including phenoxy) is 4. The average Bonchev–Trinajstić information content (AvgIpc) is 2.90. The summed E-state index contributed by atoms with van der Waals surface area (Å²) in [4.78, 5) is 45.2. The summed E-state index contributed by atoms with van der Waals surface area (Å²) in [7, 11) is 1.83. The van der Waals surface area contributed by atoms with Gasteiger partial charge in [0, 0.05) is 19.5 Å². The van der Waals surface area contributed by atoms with E-state index in [1.807, 2.05) is 34.7 Å². The predicted molar refractivity (Wildman–Crippen MR) is 148 cm³/mol. The minimum atomic E-state index is -1.21. The summed E-state index contributed by atoms with van der Waals surface area (Å²) < 4.78 is 20.8. The van der Waals surface area contributed by atoms with Crippen LogP contribution in [0.1, 0.15) is 67.7 Å². The topological polar surface area (TPSA) is 162 Å². The molecule has 1 atom stereocenters. The van der Waals surface area contributed by atoms with Crippen molar-refractivity contribution in [1.29, 1.82) is 0 Å². The van der Waals surface area contributed by atoms with E-state index in [4.69, 9.17) is 24.1 Å². The molecule has 0 aromatic heterocycles. The van der Waals surface area contributed by atoms with Gasteiger partial charge in [0.2, 0.25) is 11.8 Å². The van der Waals surface area contributed by atoms with Gasteiger partial charge in [0.05, 0.1) is 39.6 Å². The summed E-state index contributed by atoms with van der Waals surface area (Å²) in [6, 6.07) is -1.13. The Bertz CT molecular complexity index is 550. The maximum Gasteiger partial charge on any atom is 0.326 e. The zero-order chi connectivity index (χ0) is 30.0. The third kappa shape index (κ3) is 38.4. The number of amides is 2. The van der Waals surface area contributed by atoms with Crippen LogP contribution in [-0.2, 0) is 38.1 Å². The molecule has 0 aliphatic carbocycles. The molecule has 0 saturated heterocycles. The summed E-state index contributed by atoms with van der Waals surface area (Å²) in [5.74, 6) is -2.20. The highest BCUT2D eigenvalue weighted by atomic mass is 16.5. The molecule has 0 spiro atoms. The molecule has 12 nitrogen and oxygen atoms in total. The minimum absolute atomic E-state index is 0.0285. The molecule has 228 valence electrons. The normalized spacial score (nSPS) is 10.3. The molecule has 0 heterocycles. The Hall–Kier alpha value is -2.12. The van der Waals surface area contributed by atoms with Gasteiger partial charge >= 0.3 is 5.97 Å². The number of carbonyl (C=O) groups excluding carboxylic acids is 3. The van der Waals surface area contributed by atoms with Crippen molar-refractivity contribution >= 4 is 23.6 Å². The Morgan fingerprint density at radius 3 is 1.63 bits per heavy atom. The number of likely N-dealkylation sites (N-methyl/N-ethyl adjacent to an activating group) is 1. The third-order valence-corrected chi connectivity index (χ3v) is 3.69. The lowest BCUT2D eigenvalue weighted by molar-refractivity contribution is -0.143. The van der Waals surface area contributed by atoms with E-state index < -0.39 is 17.9 Å². The van der Waals surface area contributed by atoms with Crippen LogP contribution in [0.2, 0.25) is 0 Å². The van der Waals surface area contributed by atoms with Gasteiger partial charge in [0.15, 0.2) is 0 Å². The van der Waals surface area contributed by atoms with Crippen LogP contribution in [0.25, 0.3) is 0 Å². The lowest BCUT2D eigenvalue weighted by Crippen LogP contribution is -2.42. The number of ketones is 1. The maximum atomic E-state index is 11.7. The molecular weight excluding hydrogens is 498 g/mol. The second-order valence-electron chi connectivity index (χ2n) is 7.19. The van der Waals surface area contributed by atoms with Gasteiger partial charge in [-0.15, -0.1) is 0 Å². The Balaban J connectivity index is -0.000000748. The first-order valence-corrected chi connectivity index (χ1v) is 13.5. The van der Waals surface area contributed by atoms with Crippen LogP contribution in [-0.4, -0.2) is 108 Å². The Morgan fingerprint density at radius 2 is 1.18 bits per heavy atom. The molecule has 0 bridgehead atoms. The molecule has 12 heteroatoms. The molecule has 38 heavy (non-hydrogen) atoms. The molecule has 2 amide bonds. The van der Waals surface area contributed by atoms with E-state index in [-0.39, 0.29) is 57.6 Å². The van der Waals surface area contributed by atoms with E-state index >= 15 is 0 Å². The van der Waals surface area contributed by atoms with Gasteiger partial charge in [-0.2, -0.15) is 0 Å². The molecular formula is C26H55N3O9. The maximum absolute atomic E-state index is 11.7. The standard InChI is InChI=1S/C19H35N3O9.C3H8.2C2H6/c1-15(23)3-4-16(19(26)27)22-18(25)14-31-12-10-29-8-6-21-17(24)13-30-11-9-28-7-5-20-2;1-3-2;2*1-2/h16,20H,3-14H2,1-2H3,(H,21,24)(H,22,25)(H,26,27);3H2,1-2H3;2*1-2H3. The monoisotopic (exact) mass is 553 g/mol. The van der Waals surface area contributed by atoms with Crippen LogP contribution >= 0.6 is 0 Å². The van der Waals surface area contributed by atoms with Gasteiger partial charge in [-0.1, -0.05) is 48.0 Å². The van der Waals surface area contributed by atoms with Crippen molar-refractivity contribution < 1.29 is 43.2 Å². The quantitative estimate of drug-likeness (QED) is 0.154. The lowest BCUT2D eigenvalue weighted by Gasteiger charge is -2.14. The number of rotatable bonds is 21. The molecule has 0 aliphatic rings. The van der Waals surface area contributed by atoms with Crippen LogP contribution in [0.3, 0.4) is 0 Å². The highest BCUT2D eigenvalue weighted by Crippen LogP contribution is 1.99. The number of hydrogen-bond donors (Lipinski definition) is 4. The fourth-order valence-electron chi connectivity index (χ4n) is 2.10. The Labute approximate surface area is 229 Å². The Kier molecular flexibility index (Phi) is 41.9. The van der Waals surface area contributed by atoms with Crippen molar-refractivity contribution in [2.75, 3.05) is 73.0 Å². The molecule has 0 rings (SSSR count). The molecule has 0 aliphatic heterocycles. The van der Waals surface area contributed by atoms with Crippen molar-refractivity contribution in [2.45, 2.75) is 73.8 Å². The molecule has 4 N–H and O–H groups in total. The SMILES string of the molecule is CC.CC.CCC.CNCCOCCOCC(=O)NCCOCCOCC(=O)NC(CCC(C)=O)C(=O)O. The van der Waals surface area contributed by atoms with Gasteiger partial charge in [0.1, 0.15) is 25.0 Å². The minimum Gasteiger partial charge on any atom is -0.480 e. The van der Waals surface area contributed by atoms with Crippen molar-refractivity contribution in [1.82, 2.24) is 16.0 Å². The largest absolute Gasteiger partial charge is 0.480 e. The third-order valence-electron chi connectivity index (χ3n) is 3.69. The zero-order valence-corrected chi connectivity index (χ0v) is 25.0. The first-order valence-electron chi connectivity index (χ1n) is 13.5. The summed E-state index contributed by atoms with van der Waals surface area (Å²) >= 11 is 0. The number of carboxylic acid groups (broad SMARTS) is 1. The van der Waals surface area contributed by atoms with Crippen molar-refractivity contribution in [2.24, 2.45) is 0 Å². The molecule has 0 fully saturated rings.